The van der Waals surface area contributed by atoms with Crippen molar-refractivity contribution in [3.8, 4) is 0 Å². The van der Waals surface area contributed by atoms with Gasteiger partial charge < -0.3 is 9.64 Å². The molecule has 1 saturated carbocycles. The van der Waals surface area contributed by atoms with Gasteiger partial charge in [-0.1, -0.05) is 12.8 Å². The maximum absolute atomic E-state index is 14.4. The van der Waals surface area contributed by atoms with E-state index < -0.39 is 0 Å². The minimum absolute atomic E-state index is 0.160. The zero-order valence-corrected chi connectivity index (χ0v) is 19.6. The van der Waals surface area contributed by atoms with Gasteiger partial charge in [0.1, 0.15) is 11.6 Å². The Hall–Kier alpha value is -1.79. The molecule has 0 radical (unpaired) electrons. The van der Waals surface area contributed by atoms with Crippen LogP contribution >= 0.6 is 0 Å². The number of carbonyl (C=O) groups is 2. The third-order valence-corrected chi connectivity index (χ3v) is 7.61. The molecule has 5 nitrogen and oxygen atoms in total. The molecule has 1 aromatic carbocycles. The van der Waals surface area contributed by atoms with Crippen molar-refractivity contribution in [3.63, 3.8) is 0 Å². The van der Waals surface area contributed by atoms with Crippen LogP contribution in [0.25, 0.3) is 0 Å². The fraction of sp³-hybridized carbons (Fsp3) is 0.692. The molecule has 3 fully saturated rings. The Morgan fingerprint density at radius 1 is 1.12 bits per heavy atom. The van der Waals surface area contributed by atoms with Gasteiger partial charge in [-0.15, -0.1) is 0 Å². The Morgan fingerprint density at radius 3 is 2.56 bits per heavy atom. The van der Waals surface area contributed by atoms with Crippen molar-refractivity contribution in [1.29, 1.82) is 0 Å². The number of rotatable bonds is 7. The van der Waals surface area contributed by atoms with Crippen molar-refractivity contribution in [3.05, 3.63) is 34.6 Å². The van der Waals surface area contributed by atoms with Gasteiger partial charge in [0.05, 0.1) is 0 Å². The summed E-state index contributed by atoms with van der Waals surface area (Å²) < 4.78 is 19.8. The highest BCUT2D eigenvalue weighted by atomic mass is 19.1. The van der Waals surface area contributed by atoms with E-state index in [1.165, 1.54) is 18.9 Å². The van der Waals surface area contributed by atoms with Gasteiger partial charge in [0, 0.05) is 64.2 Å². The molecule has 0 spiro atoms. The maximum Gasteiger partial charge on any atom is 0.226 e. The first-order valence-corrected chi connectivity index (χ1v) is 12.3. The molecular weight excluding hydrogens is 407 g/mol. The van der Waals surface area contributed by atoms with Crippen molar-refractivity contribution in [2.24, 2.45) is 11.8 Å². The average Bonchev–Trinajstić information content (AvgIpc) is 3.45. The van der Waals surface area contributed by atoms with Crippen LogP contribution in [0.2, 0.25) is 0 Å². The average molecular weight is 445 g/mol. The van der Waals surface area contributed by atoms with E-state index in [4.69, 9.17) is 4.74 Å². The number of hydrogen-bond acceptors (Lipinski definition) is 4. The largest absolute Gasteiger partial charge is 0.381 e. The van der Waals surface area contributed by atoms with Crippen molar-refractivity contribution in [1.82, 2.24) is 9.80 Å². The van der Waals surface area contributed by atoms with Crippen LogP contribution in [0.4, 0.5) is 4.39 Å². The van der Waals surface area contributed by atoms with Gasteiger partial charge >= 0.3 is 0 Å². The second-order valence-corrected chi connectivity index (χ2v) is 10.1. The molecule has 176 valence electrons. The van der Waals surface area contributed by atoms with E-state index in [2.05, 4.69) is 16.7 Å². The summed E-state index contributed by atoms with van der Waals surface area (Å²) >= 11 is 0. The summed E-state index contributed by atoms with van der Waals surface area (Å²) in [6, 6.07) is 3.29. The van der Waals surface area contributed by atoms with Crippen LogP contribution in [0.3, 0.4) is 0 Å². The van der Waals surface area contributed by atoms with Gasteiger partial charge in [0.15, 0.2) is 0 Å². The molecule has 3 aliphatic rings. The molecule has 1 amide bonds. The first kappa shape index (κ1) is 23.4. The van der Waals surface area contributed by atoms with E-state index in [1.54, 1.807) is 6.07 Å². The standard InChI is InChI=1S/C26H37FN2O3/c1-18-15-28(8-9-29(18)26(31)21-5-3-4-6-21)16-23-13-24(27)12-22(19(23)2)14-25(30)11-20-7-10-32-17-20/h12-13,18,20-21H,3-11,14-17H2,1-2H3/t18-,20?/m0/s1. The SMILES string of the molecule is Cc1c(CC(=O)CC2CCOC2)cc(F)cc1CN1CCN(C(=O)C2CCCC2)[C@@H](C)C1. The number of hydrogen-bond donors (Lipinski definition) is 0. The third-order valence-electron chi connectivity index (χ3n) is 7.61. The van der Waals surface area contributed by atoms with Gasteiger partial charge in [-0.25, -0.2) is 4.39 Å². The molecule has 2 atom stereocenters. The number of Topliss-reactive ketones (excluding diaryl/α,β-unsaturated/α-hetero) is 1. The van der Waals surface area contributed by atoms with E-state index in [-0.39, 0.29) is 30.0 Å². The number of ketones is 1. The molecule has 1 aromatic rings. The molecule has 1 aliphatic carbocycles. The van der Waals surface area contributed by atoms with Crippen LogP contribution < -0.4 is 0 Å². The summed E-state index contributed by atoms with van der Waals surface area (Å²) in [5.41, 5.74) is 2.76. The normalized spacial score (nSPS) is 24.9. The molecule has 2 heterocycles. The summed E-state index contributed by atoms with van der Waals surface area (Å²) in [4.78, 5) is 29.8. The van der Waals surface area contributed by atoms with Crippen LogP contribution in [0, 0.1) is 24.6 Å². The van der Waals surface area contributed by atoms with Crippen molar-refractivity contribution < 1.29 is 18.7 Å². The lowest BCUT2D eigenvalue weighted by Crippen LogP contribution is -2.54. The fourth-order valence-electron chi connectivity index (χ4n) is 5.65. The number of nitrogens with zero attached hydrogens (tertiary/aromatic N) is 2. The molecule has 4 rings (SSSR count). The predicted octanol–water partition coefficient (Wildman–Crippen LogP) is 3.90. The maximum atomic E-state index is 14.4. The quantitative estimate of drug-likeness (QED) is 0.640. The summed E-state index contributed by atoms with van der Waals surface area (Å²) in [5.74, 6) is 0.726. The van der Waals surface area contributed by atoms with E-state index >= 15 is 0 Å². The van der Waals surface area contributed by atoms with E-state index in [1.807, 2.05) is 6.92 Å². The minimum atomic E-state index is -0.277. The van der Waals surface area contributed by atoms with Crippen molar-refractivity contribution >= 4 is 11.7 Å². The predicted molar refractivity (Wildman–Crippen MR) is 122 cm³/mol. The second kappa shape index (κ2) is 10.4. The highest BCUT2D eigenvalue weighted by Crippen LogP contribution is 2.28. The monoisotopic (exact) mass is 444 g/mol. The Kier molecular flexibility index (Phi) is 7.62. The van der Waals surface area contributed by atoms with Crippen molar-refractivity contribution in [2.75, 3.05) is 32.8 Å². The molecule has 0 bridgehead atoms. The highest BCUT2D eigenvalue weighted by molar-refractivity contribution is 5.81. The molecule has 1 unspecified atom stereocenters. The summed E-state index contributed by atoms with van der Waals surface area (Å²) in [5, 5.41) is 0. The number of amides is 1. The Balaban J connectivity index is 1.36. The van der Waals surface area contributed by atoms with Crippen LogP contribution in [-0.2, 0) is 27.3 Å². The van der Waals surface area contributed by atoms with Crippen LogP contribution in [0.1, 0.15) is 62.1 Å². The van der Waals surface area contributed by atoms with Crippen molar-refractivity contribution in [2.45, 2.75) is 71.4 Å². The third kappa shape index (κ3) is 5.57. The van der Waals surface area contributed by atoms with Crippen LogP contribution in [0.15, 0.2) is 12.1 Å². The second-order valence-electron chi connectivity index (χ2n) is 10.1. The molecule has 32 heavy (non-hydrogen) atoms. The number of carbonyl (C=O) groups excluding carboxylic acids is 2. The number of piperazine rings is 1. The Morgan fingerprint density at radius 2 is 1.88 bits per heavy atom. The molecule has 0 aromatic heterocycles. The molecule has 0 N–H and O–H groups in total. The van der Waals surface area contributed by atoms with Crippen LogP contribution in [0.5, 0.6) is 0 Å². The number of ether oxygens (including phenoxy) is 1. The lowest BCUT2D eigenvalue weighted by atomic mass is 9.93. The minimum Gasteiger partial charge on any atom is -0.381 e. The first-order valence-electron chi connectivity index (χ1n) is 12.3. The van der Waals surface area contributed by atoms with E-state index in [0.717, 1.165) is 62.2 Å². The summed E-state index contributed by atoms with van der Waals surface area (Å²) in [6.07, 6.45) is 6.14. The van der Waals surface area contributed by atoms with Gasteiger partial charge in [-0.05, 0) is 67.9 Å². The van der Waals surface area contributed by atoms with E-state index in [9.17, 15) is 14.0 Å². The zero-order valence-electron chi connectivity index (χ0n) is 19.6. The number of halogens is 1. The fourth-order valence-corrected chi connectivity index (χ4v) is 5.65. The summed E-state index contributed by atoms with van der Waals surface area (Å²) in [6.45, 7) is 8.50. The lowest BCUT2D eigenvalue weighted by molar-refractivity contribution is -0.140. The van der Waals surface area contributed by atoms with Crippen LogP contribution in [-0.4, -0.2) is 60.4 Å². The molecular formula is C26H37FN2O3. The zero-order chi connectivity index (χ0) is 22.7. The van der Waals surface area contributed by atoms with Gasteiger partial charge in [-0.3, -0.25) is 14.5 Å². The smallest absolute Gasteiger partial charge is 0.226 e. The van der Waals surface area contributed by atoms with Gasteiger partial charge in [0.2, 0.25) is 5.91 Å². The molecule has 6 heteroatoms. The topological polar surface area (TPSA) is 49.9 Å². The first-order chi connectivity index (χ1) is 15.4. The highest BCUT2D eigenvalue weighted by Gasteiger charge is 2.33. The lowest BCUT2D eigenvalue weighted by Gasteiger charge is -2.41. The molecule has 2 aliphatic heterocycles. The Bertz CT molecular complexity index is 831. The molecule has 2 saturated heterocycles. The number of benzene rings is 1. The summed E-state index contributed by atoms with van der Waals surface area (Å²) in [7, 11) is 0. The Labute approximate surface area is 191 Å². The van der Waals surface area contributed by atoms with Gasteiger partial charge in [-0.2, -0.15) is 0 Å². The van der Waals surface area contributed by atoms with E-state index in [0.29, 0.717) is 31.4 Å². The van der Waals surface area contributed by atoms with Gasteiger partial charge in [0.25, 0.3) is 0 Å².